The average molecular weight is 388 g/mol. The minimum absolute atomic E-state index is 0.199. The van der Waals surface area contributed by atoms with Gasteiger partial charge in [-0.3, -0.25) is 4.79 Å². The molecule has 1 heterocycles. The number of amides is 1. The number of ether oxygens (including phenoxy) is 2. The maximum Gasteiger partial charge on any atom is 0.263 e. The molecule has 0 radical (unpaired) electrons. The monoisotopic (exact) mass is 387 g/mol. The second-order valence-corrected chi connectivity index (χ2v) is 6.11. The van der Waals surface area contributed by atoms with E-state index in [9.17, 15) is 4.79 Å². The molecule has 0 atom stereocenters. The molecule has 0 fully saturated rings. The summed E-state index contributed by atoms with van der Waals surface area (Å²) in [6.07, 6.45) is 0. The highest BCUT2D eigenvalue weighted by atomic mass is 35.5. The third-order valence-electron chi connectivity index (χ3n) is 3.66. The van der Waals surface area contributed by atoms with Crippen LogP contribution in [0.3, 0.4) is 0 Å². The smallest absolute Gasteiger partial charge is 0.263 e. The molecule has 0 saturated carbocycles. The first-order chi connectivity index (χ1) is 13.1. The molecule has 0 unspecified atom stereocenters. The van der Waals surface area contributed by atoms with E-state index in [-0.39, 0.29) is 12.4 Å². The molecular formula is C19H18ClN3O4. The highest BCUT2D eigenvalue weighted by molar-refractivity contribution is 6.30. The van der Waals surface area contributed by atoms with E-state index in [1.165, 1.54) is 0 Å². The van der Waals surface area contributed by atoms with E-state index in [4.69, 9.17) is 25.7 Å². The minimum Gasteiger partial charge on any atom is -0.494 e. The maximum atomic E-state index is 12.2. The molecule has 0 bridgehead atoms. The average Bonchev–Trinajstić information content (AvgIpc) is 3.10. The number of nitrogens with one attached hydrogen (secondary N) is 1. The Bertz CT molecular complexity index is 942. The van der Waals surface area contributed by atoms with E-state index >= 15 is 0 Å². The van der Waals surface area contributed by atoms with Crippen molar-refractivity contribution in [3.63, 3.8) is 0 Å². The molecule has 27 heavy (non-hydrogen) atoms. The van der Waals surface area contributed by atoms with Gasteiger partial charge in [-0.25, -0.2) is 4.63 Å². The zero-order valence-corrected chi connectivity index (χ0v) is 15.6. The van der Waals surface area contributed by atoms with Crippen LogP contribution in [0.25, 0.3) is 11.3 Å². The van der Waals surface area contributed by atoms with Crippen molar-refractivity contribution < 1.29 is 18.9 Å². The Balaban J connectivity index is 1.68. The number of rotatable bonds is 7. The molecule has 0 aliphatic carbocycles. The molecule has 1 aromatic heterocycles. The Labute approximate surface area is 161 Å². The summed E-state index contributed by atoms with van der Waals surface area (Å²) in [5.41, 5.74) is 2.12. The molecule has 3 rings (SSSR count). The quantitative estimate of drug-likeness (QED) is 0.656. The molecule has 1 N–H and O–H groups in total. The van der Waals surface area contributed by atoms with E-state index in [1.807, 2.05) is 32.0 Å². The Morgan fingerprint density at radius 1 is 1.19 bits per heavy atom. The van der Waals surface area contributed by atoms with Crippen LogP contribution in [0.5, 0.6) is 11.5 Å². The maximum absolute atomic E-state index is 12.2. The van der Waals surface area contributed by atoms with Gasteiger partial charge in [0.25, 0.3) is 5.91 Å². The number of nitrogens with zero attached hydrogens (tertiary/aromatic N) is 2. The van der Waals surface area contributed by atoms with Gasteiger partial charge in [0.15, 0.2) is 12.3 Å². The fourth-order valence-electron chi connectivity index (χ4n) is 2.45. The van der Waals surface area contributed by atoms with Crippen LogP contribution in [0.15, 0.2) is 47.1 Å². The summed E-state index contributed by atoms with van der Waals surface area (Å²) in [6, 6.07) is 12.4. The number of aromatic nitrogens is 2. The summed E-state index contributed by atoms with van der Waals surface area (Å²) in [5, 5.41) is 10.8. The summed E-state index contributed by atoms with van der Waals surface area (Å²) in [6.45, 7) is 4.24. The van der Waals surface area contributed by atoms with Crippen molar-refractivity contribution >= 4 is 23.3 Å². The lowest BCUT2D eigenvalue weighted by Crippen LogP contribution is -2.20. The lowest BCUT2D eigenvalue weighted by molar-refractivity contribution is -0.118. The topological polar surface area (TPSA) is 86.5 Å². The van der Waals surface area contributed by atoms with Gasteiger partial charge in [-0.05, 0) is 66.1 Å². The van der Waals surface area contributed by atoms with Crippen molar-refractivity contribution in [1.29, 1.82) is 0 Å². The second kappa shape index (κ2) is 8.55. The second-order valence-electron chi connectivity index (χ2n) is 5.67. The Morgan fingerprint density at radius 3 is 2.78 bits per heavy atom. The third kappa shape index (κ3) is 4.77. The van der Waals surface area contributed by atoms with Crippen LogP contribution < -0.4 is 14.8 Å². The molecular weight excluding hydrogens is 370 g/mol. The number of hydrogen-bond acceptors (Lipinski definition) is 6. The first-order valence-corrected chi connectivity index (χ1v) is 8.69. The van der Waals surface area contributed by atoms with Crippen molar-refractivity contribution in [1.82, 2.24) is 10.3 Å². The van der Waals surface area contributed by atoms with Crippen molar-refractivity contribution in [3.05, 3.63) is 53.1 Å². The molecule has 8 heteroatoms. The summed E-state index contributed by atoms with van der Waals surface area (Å²) in [5.74, 6) is 1.12. The zero-order valence-electron chi connectivity index (χ0n) is 14.9. The van der Waals surface area contributed by atoms with Crippen molar-refractivity contribution in [2.75, 3.05) is 18.5 Å². The van der Waals surface area contributed by atoms with Crippen LogP contribution in [-0.4, -0.2) is 29.4 Å². The van der Waals surface area contributed by atoms with E-state index in [0.29, 0.717) is 23.1 Å². The van der Waals surface area contributed by atoms with Crippen LogP contribution in [0.4, 0.5) is 5.82 Å². The number of hydrogen-bond donors (Lipinski definition) is 1. The largest absolute Gasteiger partial charge is 0.494 e. The van der Waals surface area contributed by atoms with Gasteiger partial charge in [0.2, 0.25) is 5.82 Å². The molecule has 0 aliphatic rings. The van der Waals surface area contributed by atoms with Gasteiger partial charge in [0, 0.05) is 10.6 Å². The fourth-order valence-corrected chi connectivity index (χ4v) is 2.63. The molecule has 0 spiro atoms. The summed E-state index contributed by atoms with van der Waals surface area (Å²) in [4.78, 5) is 12.2. The number of carbonyl (C=O) groups is 1. The lowest BCUT2D eigenvalue weighted by Gasteiger charge is -2.09. The minimum atomic E-state index is -0.394. The number of halogens is 1. The van der Waals surface area contributed by atoms with Gasteiger partial charge in [-0.15, -0.1) is 0 Å². The van der Waals surface area contributed by atoms with Gasteiger partial charge < -0.3 is 14.8 Å². The van der Waals surface area contributed by atoms with E-state index in [0.717, 1.165) is 16.9 Å². The predicted molar refractivity (Wildman–Crippen MR) is 101 cm³/mol. The van der Waals surface area contributed by atoms with Gasteiger partial charge in [0.1, 0.15) is 11.5 Å². The van der Waals surface area contributed by atoms with Crippen LogP contribution >= 0.6 is 11.6 Å². The number of carbonyl (C=O) groups excluding carboxylic acids is 1. The standard InChI is InChI=1S/C19H18ClN3O4/c1-3-25-16-8-7-13(9-12(16)2)18-19(23-27-22-18)21-17(24)11-26-15-6-4-5-14(20)10-15/h4-10H,3,11H2,1-2H3,(H,21,23,24). The van der Waals surface area contributed by atoms with E-state index in [2.05, 4.69) is 15.6 Å². The molecule has 1 amide bonds. The molecule has 0 aliphatic heterocycles. The van der Waals surface area contributed by atoms with E-state index < -0.39 is 5.91 Å². The van der Waals surface area contributed by atoms with Crippen LogP contribution in [-0.2, 0) is 4.79 Å². The SMILES string of the molecule is CCOc1ccc(-c2nonc2NC(=O)COc2cccc(Cl)c2)cc1C. The van der Waals surface area contributed by atoms with Crippen molar-refractivity contribution in [2.24, 2.45) is 0 Å². The lowest BCUT2D eigenvalue weighted by atomic mass is 10.1. The predicted octanol–water partition coefficient (Wildman–Crippen LogP) is 4.11. The van der Waals surface area contributed by atoms with Gasteiger partial charge in [-0.1, -0.05) is 17.7 Å². The Morgan fingerprint density at radius 2 is 2.04 bits per heavy atom. The number of anilines is 1. The first-order valence-electron chi connectivity index (χ1n) is 8.31. The molecule has 0 saturated heterocycles. The summed E-state index contributed by atoms with van der Waals surface area (Å²) >= 11 is 5.89. The van der Waals surface area contributed by atoms with Gasteiger partial charge in [-0.2, -0.15) is 0 Å². The summed E-state index contributed by atoms with van der Waals surface area (Å²) in [7, 11) is 0. The highest BCUT2D eigenvalue weighted by Crippen LogP contribution is 2.29. The van der Waals surface area contributed by atoms with Gasteiger partial charge >= 0.3 is 0 Å². The molecule has 7 nitrogen and oxygen atoms in total. The first kappa shape index (κ1) is 18.7. The fraction of sp³-hybridized carbons (Fsp3) is 0.211. The third-order valence-corrected chi connectivity index (χ3v) is 3.90. The zero-order chi connectivity index (χ0) is 19.2. The van der Waals surface area contributed by atoms with Crippen molar-refractivity contribution in [2.45, 2.75) is 13.8 Å². The van der Waals surface area contributed by atoms with Crippen LogP contribution in [0, 0.1) is 6.92 Å². The molecule has 3 aromatic rings. The Hall–Kier alpha value is -3.06. The summed E-state index contributed by atoms with van der Waals surface area (Å²) < 4.78 is 15.7. The van der Waals surface area contributed by atoms with Crippen LogP contribution in [0.1, 0.15) is 12.5 Å². The van der Waals surface area contributed by atoms with Crippen LogP contribution in [0.2, 0.25) is 5.02 Å². The number of benzene rings is 2. The number of aryl methyl sites for hydroxylation is 1. The van der Waals surface area contributed by atoms with E-state index in [1.54, 1.807) is 24.3 Å². The normalized spacial score (nSPS) is 10.5. The van der Waals surface area contributed by atoms with Gasteiger partial charge in [0.05, 0.1) is 6.61 Å². The molecule has 140 valence electrons. The molecule has 2 aromatic carbocycles. The Kier molecular flexibility index (Phi) is 5.93. The van der Waals surface area contributed by atoms with Crippen molar-refractivity contribution in [3.8, 4) is 22.8 Å². The highest BCUT2D eigenvalue weighted by Gasteiger charge is 2.16.